The molecule has 2 bridgehead atoms. The number of hydrogen-bond acceptors (Lipinski definition) is 3. The molecule has 0 aromatic heterocycles. The Morgan fingerprint density at radius 3 is 2.40 bits per heavy atom. The molecule has 0 radical (unpaired) electrons. The van der Waals surface area contributed by atoms with Crippen molar-refractivity contribution in [1.29, 1.82) is 0 Å². The number of esters is 2. The van der Waals surface area contributed by atoms with Crippen molar-refractivity contribution in [2.24, 2.45) is 22.7 Å². The first-order chi connectivity index (χ1) is 9.22. The fourth-order valence-electron chi connectivity index (χ4n) is 4.10. The maximum atomic E-state index is 11.8. The van der Waals surface area contributed by atoms with Crippen LogP contribution in [0.5, 0.6) is 0 Å². The van der Waals surface area contributed by atoms with Crippen molar-refractivity contribution in [1.82, 2.24) is 0 Å². The van der Waals surface area contributed by atoms with Gasteiger partial charge in [0.05, 0.1) is 0 Å². The van der Waals surface area contributed by atoms with E-state index in [0.29, 0.717) is 16.9 Å². The molecule has 110 valence electrons. The van der Waals surface area contributed by atoms with Gasteiger partial charge in [0.2, 0.25) is 0 Å². The van der Waals surface area contributed by atoms with Gasteiger partial charge in [0.25, 0.3) is 0 Å². The minimum absolute atomic E-state index is 0.238. The minimum atomic E-state index is -0.692. The molecular weight excluding hydrogens is 252 g/mol. The van der Waals surface area contributed by atoms with E-state index in [0.717, 1.165) is 18.4 Å². The third-order valence-electron chi connectivity index (χ3n) is 5.99. The van der Waals surface area contributed by atoms with Crippen LogP contribution in [0.1, 0.15) is 47.0 Å². The summed E-state index contributed by atoms with van der Waals surface area (Å²) < 4.78 is 4.67. The fraction of sp³-hybridized carbons (Fsp3) is 0.647. The Bertz CT molecular complexity index is 486. The second-order valence-electron chi connectivity index (χ2n) is 6.98. The molecule has 0 aliphatic heterocycles. The molecule has 0 aromatic rings. The van der Waals surface area contributed by atoms with Crippen LogP contribution < -0.4 is 0 Å². The van der Waals surface area contributed by atoms with E-state index < -0.39 is 11.9 Å². The first-order valence-corrected chi connectivity index (χ1v) is 7.29. The van der Waals surface area contributed by atoms with Gasteiger partial charge in [-0.1, -0.05) is 33.4 Å². The Labute approximate surface area is 121 Å². The average molecular weight is 276 g/mol. The summed E-state index contributed by atoms with van der Waals surface area (Å²) in [5.74, 6) is -0.128. The number of hydrogen-bond donors (Lipinski definition) is 0. The highest BCUT2D eigenvalue weighted by Crippen LogP contribution is 2.68. The average Bonchev–Trinajstić information content (AvgIpc) is 2.71. The molecule has 0 N–H and O–H groups in total. The molecule has 0 amide bonds. The summed E-state index contributed by atoms with van der Waals surface area (Å²) in [7, 11) is 0. The summed E-state index contributed by atoms with van der Waals surface area (Å²) >= 11 is 0. The number of carbonyl (C=O) groups excluding carboxylic acids is 2. The number of rotatable bonds is 3. The van der Waals surface area contributed by atoms with E-state index in [-0.39, 0.29) is 5.41 Å². The van der Waals surface area contributed by atoms with Crippen LogP contribution in [0.25, 0.3) is 0 Å². The SMILES string of the molecule is C=CC(=O)OC(=O)C(C)=CC1C[C@H]2CC[C@@]1(C)C2(C)C. The monoisotopic (exact) mass is 276 g/mol. The lowest BCUT2D eigenvalue weighted by atomic mass is 9.66. The Morgan fingerprint density at radius 1 is 1.30 bits per heavy atom. The maximum absolute atomic E-state index is 11.8. The van der Waals surface area contributed by atoms with Crippen molar-refractivity contribution < 1.29 is 14.3 Å². The molecule has 2 fully saturated rings. The normalized spacial score (nSPS) is 34.9. The lowest BCUT2D eigenvalue weighted by Gasteiger charge is -2.38. The van der Waals surface area contributed by atoms with Crippen LogP contribution in [0.3, 0.4) is 0 Å². The van der Waals surface area contributed by atoms with Gasteiger partial charge in [-0.05, 0) is 48.9 Å². The molecule has 2 aliphatic carbocycles. The molecule has 2 rings (SSSR count). The minimum Gasteiger partial charge on any atom is -0.386 e. The van der Waals surface area contributed by atoms with Crippen LogP contribution in [0.15, 0.2) is 24.3 Å². The van der Waals surface area contributed by atoms with Gasteiger partial charge >= 0.3 is 11.9 Å². The van der Waals surface area contributed by atoms with Gasteiger partial charge in [0, 0.05) is 11.6 Å². The second-order valence-corrected chi connectivity index (χ2v) is 6.98. The first-order valence-electron chi connectivity index (χ1n) is 7.29. The van der Waals surface area contributed by atoms with Gasteiger partial charge in [0.15, 0.2) is 0 Å². The lowest BCUT2D eigenvalue weighted by Crippen LogP contribution is -2.31. The van der Waals surface area contributed by atoms with Crippen LogP contribution in [-0.4, -0.2) is 11.9 Å². The summed E-state index contributed by atoms with van der Waals surface area (Å²) in [6.07, 6.45) is 6.64. The predicted molar refractivity (Wildman–Crippen MR) is 77.8 cm³/mol. The van der Waals surface area contributed by atoms with E-state index in [2.05, 4.69) is 32.1 Å². The van der Waals surface area contributed by atoms with Crippen molar-refractivity contribution in [3.63, 3.8) is 0 Å². The molecule has 20 heavy (non-hydrogen) atoms. The third-order valence-corrected chi connectivity index (χ3v) is 5.99. The van der Waals surface area contributed by atoms with Crippen LogP contribution in [0.4, 0.5) is 0 Å². The van der Waals surface area contributed by atoms with Crippen LogP contribution in [-0.2, 0) is 14.3 Å². The van der Waals surface area contributed by atoms with Gasteiger partial charge in [-0.15, -0.1) is 0 Å². The standard InChI is InChI=1S/C17H24O3/c1-6-14(18)20-15(19)11(2)9-13-10-12-7-8-17(13,5)16(12,3)4/h6,9,12-13H,1,7-8,10H2,2-5H3/t12-,13?,17-/m1/s1. The molecule has 0 aromatic carbocycles. The highest BCUT2D eigenvalue weighted by Gasteiger charge is 2.60. The Balaban J connectivity index is 2.14. The molecular formula is C17H24O3. The number of fused-ring (bicyclic) bond motifs is 2. The second kappa shape index (κ2) is 4.87. The molecule has 0 saturated heterocycles. The molecule has 2 aliphatic rings. The molecule has 2 saturated carbocycles. The first kappa shape index (κ1) is 15.0. The number of carbonyl (C=O) groups is 2. The zero-order chi connectivity index (χ0) is 15.1. The fourth-order valence-corrected chi connectivity index (χ4v) is 4.10. The van der Waals surface area contributed by atoms with Crippen molar-refractivity contribution in [3.8, 4) is 0 Å². The molecule has 3 atom stereocenters. The number of allylic oxidation sites excluding steroid dienone is 1. The van der Waals surface area contributed by atoms with Crippen molar-refractivity contribution in [3.05, 3.63) is 24.3 Å². The zero-order valence-electron chi connectivity index (χ0n) is 12.9. The number of ether oxygens (including phenoxy) is 1. The van der Waals surface area contributed by atoms with Crippen molar-refractivity contribution in [2.75, 3.05) is 0 Å². The van der Waals surface area contributed by atoms with E-state index in [1.165, 1.54) is 12.8 Å². The summed E-state index contributed by atoms with van der Waals surface area (Å²) in [6.45, 7) is 12.0. The molecule has 1 unspecified atom stereocenters. The van der Waals surface area contributed by atoms with E-state index in [1.807, 2.05) is 6.08 Å². The Hall–Kier alpha value is -1.38. The van der Waals surface area contributed by atoms with Crippen LogP contribution >= 0.6 is 0 Å². The Morgan fingerprint density at radius 2 is 1.95 bits per heavy atom. The van der Waals surface area contributed by atoms with Gasteiger partial charge in [0.1, 0.15) is 0 Å². The molecule has 0 spiro atoms. The van der Waals surface area contributed by atoms with Crippen LogP contribution in [0, 0.1) is 22.7 Å². The van der Waals surface area contributed by atoms with Gasteiger partial charge in [-0.25, -0.2) is 9.59 Å². The Kier molecular flexibility index (Phi) is 3.66. The predicted octanol–water partition coefficient (Wildman–Crippen LogP) is 3.65. The van der Waals surface area contributed by atoms with Crippen molar-refractivity contribution >= 4 is 11.9 Å². The summed E-state index contributed by atoms with van der Waals surface area (Å²) in [5.41, 5.74) is 1.08. The van der Waals surface area contributed by atoms with Crippen LogP contribution in [0.2, 0.25) is 0 Å². The largest absolute Gasteiger partial charge is 0.386 e. The molecule has 3 heteroatoms. The molecule has 3 nitrogen and oxygen atoms in total. The highest BCUT2D eigenvalue weighted by molar-refractivity contribution is 5.98. The smallest absolute Gasteiger partial charge is 0.341 e. The molecule has 0 heterocycles. The van der Waals surface area contributed by atoms with Gasteiger partial charge in [-0.3, -0.25) is 0 Å². The summed E-state index contributed by atoms with van der Waals surface area (Å²) in [4.78, 5) is 22.9. The third kappa shape index (κ3) is 2.13. The van der Waals surface area contributed by atoms with Gasteiger partial charge < -0.3 is 4.74 Å². The topological polar surface area (TPSA) is 43.4 Å². The van der Waals surface area contributed by atoms with E-state index in [9.17, 15) is 9.59 Å². The van der Waals surface area contributed by atoms with E-state index >= 15 is 0 Å². The van der Waals surface area contributed by atoms with Crippen molar-refractivity contribution in [2.45, 2.75) is 47.0 Å². The van der Waals surface area contributed by atoms with Gasteiger partial charge in [-0.2, -0.15) is 0 Å². The zero-order valence-corrected chi connectivity index (χ0v) is 12.9. The quantitative estimate of drug-likeness (QED) is 0.449. The maximum Gasteiger partial charge on any atom is 0.341 e. The van der Waals surface area contributed by atoms with E-state index in [4.69, 9.17) is 0 Å². The lowest BCUT2D eigenvalue weighted by molar-refractivity contribution is -0.153. The van der Waals surface area contributed by atoms with E-state index in [1.54, 1.807) is 6.92 Å². The summed E-state index contributed by atoms with van der Waals surface area (Å²) in [5, 5.41) is 0. The summed E-state index contributed by atoms with van der Waals surface area (Å²) in [6, 6.07) is 0. The highest BCUT2D eigenvalue weighted by atomic mass is 16.6.